The van der Waals surface area contributed by atoms with Gasteiger partial charge in [-0.25, -0.2) is 0 Å². The van der Waals surface area contributed by atoms with Crippen LogP contribution in [0.3, 0.4) is 0 Å². The van der Waals surface area contributed by atoms with E-state index in [-0.39, 0.29) is 24.0 Å². The van der Waals surface area contributed by atoms with Crippen molar-refractivity contribution in [3.63, 3.8) is 0 Å². The van der Waals surface area contributed by atoms with Crippen LogP contribution in [0.4, 0.5) is 0 Å². The van der Waals surface area contributed by atoms with E-state index in [1.807, 2.05) is 39.0 Å². The molecule has 1 aromatic rings. The van der Waals surface area contributed by atoms with Gasteiger partial charge in [0.05, 0.1) is 6.61 Å². The van der Waals surface area contributed by atoms with Gasteiger partial charge in [-0.2, -0.15) is 0 Å². The number of ether oxygens (including phenoxy) is 2. The van der Waals surface area contributed by atoms with Gasteiger partial charge in [0.15, 0.2) is 0 Å². The molecule has 0 saturated heterocycles. The van der Waals surface area contributed by atoms with Crippen LogP contribution in [0.2, 0.25) is 0 Å². The summed E-state index contributed by atoms with van der Waals surface area (Å²) in [5.41, 5.74) is 6.91. The zero-order chi connectivity index (χ0) is 11.8. The van der Waals surface area contributed by atoms with E-state index in [2.05, 4.69) is 0 Å². The summed E-state index contributed by atoms with van der Waals surface area (Å²) in [4.78, 5) is 0. The van der Waals surface area contributed by atoms with Crippen molar-refractivity contribution >= 4 is 12.4 Å². The Morgan fingerprint density at radius 1 is 1.35 bits per heavy atom. The van der Waals surface area contributed by atoms with Crippen molar-refractivity contribution in [3.05, 3.63) is 23.8 Å². The van der Waals surface area contributed by atoms with Gasteiger partial charge in [-0.3, -0.25) is 0 Å². The normalized spacial score (nSPS) is 18.7. The maximum atomic E-state index is 6.04. The Kier molecular flexibility index (Phi) is 4.28. The number of benzene rings is 1. The van der Waals surface area contributed by atoms with Gasteiger partial charge in [0.1, 0.15) is 17.1 Å². The van der Waals surface area contributed by atoms with Gasteiger partial charge >= 0.3 is 0 Å². The first-order chi connectivity index (χ1) is 7.46. The lowest BCUT2D eigenvalue weighted by Gasteiger charge is -2.26. The third kappa shape index (κ3) is 3.51. The highest BCUT2D eigenvalue weighted by Crippen LogP contribution is 2.34. The average molecular weight is 258 g/mol. The lowest BCUT2D eigenvalue weighted by molar-refractivity contribution is 0.130. The van der Waals surface area contributed by atoms with Crippen LogP contribution in [0, 0.1) is 0 Å². The van der Waals surface area contributed by atoms with E-state index >= 15 is 0 Å². The van der Waals surface area contributed by atoms with Gasteiger partial charge in [0.2, 0.25) is 0 Å². The Morgan fingerprint density at radius 2 is 2.06 bits per heavy atom. The summed E-state index contributed by atoms with van der Waals surface area (Å²) in [6, 6.07) is 5.93. The summed E-state index contributed by atoms with van der Waals surface area (Å²) in [7, 11) is 0. The molecule has 1 aliphatic heterocycles. The summed E-state index contributed by atoms with van der Waals surface area (Å²) < 4.78 is 11.3. The summed E-state index contributed by atoms with van der Waals surface area (Å²) in [6.45, 7) is 6.79. The summed E-state index contributed by atoms with van der Waals surface area (Å²) in [5, 5.41) is 0. The number of halogens is 1. The third-order valence-electron chi connectivity index (χ3n) is 2.49. The largest absolute Gasteiger partial charge is 0.493 e. The zero-order valence-corrected chi connectivity index (χ0v) is 11.3. The Morgan fingerprint density at radius 3 is 2.71 bits per heavy atom. The molecule has 1 heterocycles. The van der Waals surface area contributed by atoms with E-state index < -0.39 is 0 Å². The second-order valence-corrected chi connectivity index (χ2v) is 5.16. The molecular formula is C13H20ClNO2. The maximum Gasteiger partial charge on any atom is 0.124 e. The molecule has 17 heavy (non-hydrogen) atoms. The molecule has 2 rings (SSSR count). The fraction of sp³-hybridized carbons (Fsp3) is 0.538. The molecule has 2 N–H and O–H groups in total. The Labute approximate surface area is 109 Å². The summed E-state index contributed by atoms with van der Waals surface area (Å²) >= 11 is 0. The first kappa shape index (κ1) is 14.1. The molecule has 0 aliphatic carbocycles. The Balaban J connectivity index is 0.00000144. The number of rotatable bonds is 1. The predicted octanol–water partition coefficient (Wildman–Crippen LogP) is 3.07. The first-order valence-corrected chi connectivity index (χ1v) is 5.67. The molecule has 0 unspecified atom stereocenters. The van der Waals surface area contributed by atoms with Gasteiger partial charge in [-0.1, -0.05) is 0 Å². The molecule has 0 saturated carbocycles. The van der Waals surface area contributed by atoms with Crippen molar-refractivity contribution in [1.82, 2.24) is 0 Å². The van der Waals surface area contributed by atoms with Crippen molar-refractivity contribution in [3.8, 4) is 11.5 Å². The van der Waals surface area contributed by atoms with Crippen LogP contribution in [-0.2, 0) is 0 Å². The maximum absolute atomic E-state index is 6.04. The van der Waals surface area contributed by atoms with Crippen molar-refractivity contribution in [1.29, 1.82) is 0 Å². The molecule has 1 atom stereocenters. The average Bonchev–Trinajstić information content (AvgIpc) is 2.17. The van der Waals surface area contributed by atoms with Gasteiger partial charge in [-0.05, 0) is 39.0 Å². The summed E-state index contributed by atoms with van der Waals surface area (Å²) in [5.74, 6) is 1.74. The van der Waals surface area contributed by atoms with Gasteiger partial charge < -0.3 is 15.2 Å². The lowest BCUT2D eigenvalue weighted by Crippen LogP contribution is -2.24. The van der Waals surface area contributed by atoms with Crippen molar-refractivity contribution in [2.24, 2.45) is 5.73 Å². The molecule has 1 aliphatic rings. The van der Waals surface area contributed by atoms with Gasteiger partial charge in [0.25, 0.3) is 0 Å². The van der Waals surface area contributed by atoms with Crippen molar-refractivity contribution < 1.29 is 9.47 Å². The molecule has 0 aromatic heterocycles. The van der Waals surface area contributed by atoms with Crippen LogP contribution in [0.25, 0.3) is 0 Å². The zero-order valence-electron chi connectivity index (χ0n) is 10.5. The first-order valence-electron chi connectivity index (χ1n) is 5.67. The van der Waals surface area contributed by atoms with Gasteiger partial charge in [-0.15, -0.1) is 12.4 Å². The molecular weight excluding hydrogens is 238 g/mol. The molecule has 1 aromatic carbocycles. The van der Waals surface area contributed by atoms with Crippen LogP contribution in [0.15, 0.2) is 18.2 Å². The van der Waals surface area contributed by atoms with Crippen LogP contribution in [-0.4, -0.2) is 12.2 Å². The molecule has 3 nitrogen and oxygen atoms in total. The Bertz CT molecular complexity index is 387. The highest BCUT2D eigenvalue weighted by molar-refractivity contribution is 5.85. The second-order valence-electron chi connectivity index (χ2n) is 5.16. The smallest absolute Gasteiger partial charge is 0.124 e. The highest BCUT2D eigenvalue weighted by Gasteiger charge is 2.20. The van der Waals surface area contributed by atoms with E-state index in [0.717, 1.165) is 23.5 Å². The predicted molar refractivity (Wildman–Crippen MR) is 71.1 cm³/mol. The van der Waals surface area contributed by atoms with Crippen molar-refractivity contribution in [2.75, 3.05) is 6.61 Å². The highest BCUT2D eigenvalue weighted by atomic mass is 35.5. The van der Waals surface area contributed by atoms with E-state index in [1.54, 1.807) is 0 Å². The van der Waals surface area contributed by atoms with E-state index in [1.165, 1.54) is 0 Å². The topological polar surface area (TPSA) is 44.5 Å². The van der Waals surface area contributed by atoms with Crippen molar-refractivity contribution in [2.45, 2.75) is 38.8 Å². The lowest BCUT2D eigenvalue weighted by atomic mass is 10.0. The number of hydrogen-bond donors (Lipinski definition) is 1. The van der Waals surface area contributed by atoms with E-state index in [4.69, 9.17) is 15.2 Å². The molecule has 0 fully saturated rings. The monoisotopic (exact) mass is 257 g/mol. The van der Waals surface area contributed by atoms with Crippen LogP contribution in [0.5, 0.6) is 11.5 Å². The van der Waals surface area contributed by atoms with Gasteiger partial charge in [0, 0.05) is 18.0 Å². The minimum atomic E-state index is -0.187. The van der Waals surface area contributed by atoms with E-state index in [9.17, 15) is 0 Å². The molecule has 0 spiro atoms. The quantitative estimate of drug-likeness (QED) is 0.841. The third-order valence-corrected chi connectivity index (χ3v) is 2.49. The Hall–Kier alpha value is -0.930. The second kappa shape index (κ2) is 5.15. The fourth-order valence-corrected chi connectivity index (χ4v) is 1.82. The summed E-state index contributed by atoms with van der Waals surface area (Å²) in [6.07, 6.45) is 0.867. The molecule has 0 amide bonds. The molecule has 96 valence electrons. The minimum absolute atomic E-state index is 0. The minimum Gasteiger partial charge on any atom is -0.493 e. The molecule has 4 heteroatoms. The molecule has 0 bridgehead atoms. The molecule has 0 radical (unpaired) electrons. The number of nitrogens with two attached hydrogens (primary N) is 1. The van der Waals surface area contributed by atoms with E-state index in [0.29, 0.717) is 6.61 Å². The van der Waals surface area contributed by atoms with Crippen LogP contribution >= 0.6 is 12.4 Å². The fourth-order valence-electron chi connectivity index (χ4n) is 1.82. The standard InChI is InChI=1S/C13H19NO2.ClH/c1-13(2,3)16-9-4-5-12-10(8-9)11(14)6-7-15-12;/h4-5,8,11H,6-7,14H2,1-3H3;1H/t11-;/m1./s1. The number of fused-ring (bicyclic) bond motifs is 1. The SMILES string of the molecule is CC(C)(C)Oc1ccc2c(c1)[C@H](N)CCO2.Cl. The van der Waals surface area contributed by atoms with Crippen LogP contribution < -0.4 is 15.2 Å². The number of hydrogen-bond acceptors (Lipinski definition) is 3. The van der Waals surface area contributed by atoms with Crippen LogP contribution in [0.1, 0.15) is 38.8 Å².